The Balaban J connectivity index is 1.59. The molecule has 26 heavy (non-hydrogen) atoms. The summed E-state index contributed by atoms with van der Waals surface area (Å²) in [7, 11) is 0. The first kappa shape index (κ1) is 18.9. The lowest BCUT2D eigenvalue weighted by Crippen LogP contribution is -2.49. The summed E-state index contributed by atoms with van der Waals surface area (Å²) in [5.41, 5.74) is 2.92. The maximum atomic E-state index is 12.8. The highest BCUT2D eigenvalue weighted by Crippen LogP contribution is 2.31. The first-order valence-electron chi connectivity index (χ1n) is 9.94. The Labute approximate surface area is 157 Å². The minimum Gasteiger partial charge on any atom is -0.341 e. The van der Waals surface area contributed by atoms with Crippen LogP contribution in [0.4, 0.5) is 0 Å². The van der Waals surface area contributed by atoms with Gasteiger partial charge in [-0.2, -0.15) is 0 Å². The fraction of sp³-hybridized carbons (Fsp3) is 0.636. The van der Waals surface area contributed by atoms with Crippen LogP contribution < -0.4 is 0 Å². The third kappa shape index (κ3) is 3.94. The zero-order valence-corrected chi connectivity index (χ0v) is 16.6. The predicted molar refractivity (Wildman–Crippen MR) is 104 cm³/mol. The van der Waals surface area contributed by atoms with E-state index in [1.165, 1.54) is 11.1 Å². The number of amides is 2. The van der Waals surface area contributed by atoms with Gasteiger partial charge in [0.05, 0.1) is 0 Å². The smallest absolute Gasteiger partial charge is 0.245 e. The first-order chi connectivity index (χ1) is 12.3. The molecule has 4 heteroatoms. The highest BCUT2D eigenvalue weighted by atomic mass is 16.2. The van der Waals surface area contributed by atoms with Crippen molar-refractivity contribution < 1.29 is 9.59 Å². The minimum absolute atomic E-state index is 0.0228. The summed E-state index contributed by atoms with van der Waals surface area (Å²) in [6.07, 6.45) is 3.76. The largest absolute Gasteiger partial charge is 0.341 e. The first-order valence-corrected chi connectivity index (χ1v) is 9.94. The van der Waals surface area contributed by atoms with Gasteiger partial charge in [0.2, 0.25) is 11.8 Å². The molecule has 2 heterocycles. The van der Waals surface area contributed by atoms with Gasteiger partial charge in [0.25, 0.3) is 0 Å². The number of likely N-dealkylation sites (tertiary alicyclic amines) is 2. The van der Waals surface area contributed by atoms with Crippen LogP contribution >= 0.6 is 0 Å². The molecule has 0 aliphatic carbocycles. The molecule has 1 aromatic carbocycles. The molecule has 0 aromatic heterocycles. The zero-order valence-electron chi connectivity index (χ0n) is 16.6. The van der Waals surface area contributed by atoms with Gasteiger partial charge in [0, 0.05) is 26.6 Å². The highest BCUT2D eigenvalue weighted by molar-refractivity contribution is 5.87. The normalized spacial score (nSPS) is 21.9. The van der Waals surface area contributed by atoms with E-state index in [1.54, 1.807) is 11.8 Å². The molecule has 2 saturated heterocycles. The fourth-order valence-corrected chi connectivity index (χ4v) is 4.30. The second kappa shape index (κ2) is 7.42. The van der Waals surface area contributed by atoms with Gasteiger partial charge in [-0.3, -0.25) is 9.59 Å². The van der Waals surface area contributed by atoms with Gasteiger partial charge in [0.1, 0.15) is 6.04 Å². The number of carbonyl (C=O) groups is 2. The topological polar surface area (TPSA) is 40.6 Å². The molecule has 4 nitrogen and oxygen atoms in total. The van der Waals surface area contributed by atoms with Gasteiger partial charge in [-0.05, 0) is 48.1 Å². The molecule has 0 radical (unpaired) electrons. The van der Waals surface area contributed by atoms with Crippen molar-refractivity contribution in [2.75, 3.05) is 19.6 Å². The Morgan fingerprint density at radius 2 is 1.58 bits per heavy atom. The average molecular weight is 357 g/mol. The molecule has 0 saturated carbocycles. The van der Waals surface area contributed by atoms with Gasteiger partial charge in [0.15, 0.2) is 0 Å². The van der Waals surface area contributed by atoms with Crippen molar-refractivity contribution in [2.45, 2.75) is 70.8 Å². The molecule has 1 unspecified atom stereocenters. The summed E-state index contributed by atoms with van der Waals surface area (Å²) >= 11 is 0. The number of nitrogens with zero attached hydrogens (tertiary/aromatic N) is 2. The van der Waals surface area contributed by atoms with E-state index in [0.717, 1.165) is 45.3 Å². The summed E-state index contributed by atoms with van der Waals surface area (Å²) < 4.78 is 0. The van der Waals surface area contributed by atoms with Crippen molar-refractivity contribution in [3.63, 3.8) is 0 Å². The van der Waals surface area contributed by atoms with Crippen LogP contribution in [0.2, 0.25) is 0 Å². The number of carbonyl (C=O) groups excluding carboxylic acids is 2. The lowest BCUT2D eigenvalue weighted by molar-refractivity contribution is -0.143. The van der Waals surface area contributed by atoms with Crippen LogP contribution in [0.15, 0.2) is 24.3 Å². The molecular weight excluding hydrogens is 324 g/mol. The number of hydrogen-bond donors (Lipinski definition) is 0. The summed E-state index contributed by atoms with van der Waals surface area (Å²) in [6.45, 7) is 10.6. The van der Waals surface area contributed by atoms with Crippen molar-refractivity contribution in [1.29, 1.82) is 0 Å². The maximum Gasteiger partial charge on any atom is 0.245 e. The second-order valence-electron chi connectivity index (χ2n) is 8.84. The van der Waals surface area contributed by atoms with Crippen LogP contribution in [0.1, 0.15) is 70.4 Å². The average Bonchev–Trinajstić information content (AvgIpc) is 3.11. The third-order valence-electron chi connectivity index (χ3n) is 6.00. The van der Waals surface area contributed by atoms with Crippen LogP contribution in [0.25, 0.3) is 0 Å². The van der Waals surface area contributed by atoms with Crippen molar-refractivity contribution in [2.24, 2.45) is 0 Å². The lowest BCUT2D eigenvalue weighted by Gasteiger charge is -2.35. The van der Waals surface area contributed by atoms with Crippen molar-refractivity contribution >= 4 is 11.8 Å². The van der Waals surface area contributed by atoms with Crippen molar-refractivity contribution in [3.05, 3.63) is 35.4 Å². The van der Waals surface area contributed by atoms with Gasteiger partial charge < -0.3 is 9.80 Å². The van der Waals surface area contributed by atoms with Crippen LogP contribution in [-0.2, 0) is 15.0 Å². The summed E-state index contributed by atoms with van der Waals surface area (Å²) in [4.78, 5) is 28.3. The van der Waals surface area contributed by atoms with Crippen LogP contribution in [-0.4, -0.2) is 47.3 Å². The molecule has 2 aliphatic rings. The van der Waals surface area contributed by atoms with Crippen LogP contribution in [0, 0.1) is 0 Å². The molecule has 0 bridgehead atoms. The Kier molecular flexibility index (Phi) is 5.40. The maximum absolute atomic E-state index is 12.8. The van der Waals surface area contributed by atoms with E-state index in [2.05, 4.69) is 45.0 Å². The van der Waals surface area contributed by atoms with Gasteiger partial charge in [-0.25, -0.2) is 0 Å². The summed E-state index contributed by atoms with van der Waals surface area (Å²) in [5, 5.41) is 0. The third-order valence-corrected chi connectivity index (χ3v) is 6.00. The van der Waals surface area contributed by atoms with Gasteiger partial charge in [-0.1, -0.05) is 45.0 Å². The van der Waals surface area contributed by atoms with E-state index in [4.69, 9.17) is 0 Å². The highest BCUT2D eigenvalue weighted by Gasteiger charge is 2.36. The van der Waals surface area contributed by atoms with E-state index in [0.29, 0.717) is 5.92 Å². The molecule has 142 valence electrons. The molecule has 1 atom stereocenters. The Bertz CT molecular complexity index is 652. The number of rotatable bonds is 2. The van der Waals surface area contributed by atoms with Crippen molar-refractivity contribution in [1.82, 2.24) is 9.80 Å². The summed E-state index contributed by atoms with van der Waals surface area (Å²) in [6, 6.07) is 8.79. The van der Waals surface area contributed by atoms with Crippen LogP contribution in [0.5, 0.6) is 0 Å². The predicted octanol–water partition coefficient (Wildman–Crippen LogP) is 3.70. The Hall–Kier alpha value is -1.84. The zero-order chi connectivity index (χ0) is 18.9. The minimum atomic E-state index is -0.227. The van der Waals surface area contributed by atoms with E-state index < -0.39 is 0 Å². The quantitative estimate of drug-likeness (QED) is 0.811. The number of benzene rings is 1. The van der Waals surface area contributed by atoms with E-state index in [1.807, 2.05) is 4.90 Å². The van der Waals surface area contributed by atoms with Gasteiger partial charge >= 0.3 is 0 Å². The van der Waals surface area contributed by atoms with E-state index >= 15 is 0 Å². The molecule has 2 aliphatic heterocycles. The van der Waals surface area contributed by atoms with E-state index in [-0.39, 0.29) is 23.3 Å². The molecule has 2 amide bonds. The molecule has 2 fully saturated rings. The number of hydrogen-bond acceptors (Lipinski definition) is 2. The number of piperidine rings is 1. The molecule has 0 spiro atoms. The second-order valence-corrected chi connectivity index (χ2v) is 8.84. The standard InChI is InChI=1S/C22H32N2O2/c1-16(25)24-13-5-6-20(24)21(26)23-14-11-18(12-15-23)17-7-9-19(10-8-17)22(2,3)4/h7-10,18,20H,5-6,11-15H2,1-4H3. The Morgan fingerprint density at radius 3 is 2.12 bits per heavy atom. The van der Waals surface area contributed by atoms with E-state index in [9.17, 15) is 9.59 Å². The SMILES string of the molecule is CC(=O)N1CCCC1C(=O)N1CCC(c2ccc(C(C)(C)C)cc2)CC1. The molecular formula is C22H32N2O2. The van der Waals surface area contributed by atoms with Crippen molar-refractivity contribution in [3.8, 4) is 0 Å². The van der Waals surface area contributed by atoms with Gasteiger partial charge in [-0.15, -0.1) is 0 Å². The Morgan fingerprint density at radius 1 is 0.962 bits per heavy atom. The van der Waals surface area contributed by atoms with Crippen LogP contribution in [0.3, 0.4) is 0 Å². The monoisotopic (exact) mass is 356 g/mol. The summed E-state index contributed by atoms with van der Waals surface area (Å²) in [5.74, 6) is 0.703. The lowest BCUT2D eigenvalue weighted by atomic mass is 9.84. The molecule has 3 rings (SSSR count). The molecule has 0 N–H and O–H groups in total. The molecule has 1 aromatic rings. The fourth-order valence-electron chi connectivity index (χ4n) is 4.30.